The molecule has 22 heavy (non-hydrogen) atoms. The lowest BCUT2D eigenvalue weighted by Crippen LogP contribution is -2.28. The zero-order valence-electron chi connectivity index (χ0n) is 12.8. The number of nitrogens with zero attached hydrogens (tertiary/aromatic N) is 5. The summed E-state index contributed by atoms with van der Waals surface area (Å²) in [6.07, 6.45) is 6.29. The van der Waals surface area contributed by atoms with E-state index < -0.39 is 0 Å². The summed E-state index contributed by atoms with van der Waals surface area (Å²) < 4.78 is 1.63. The van der Waals surface area contributed by atoms with Gasteiger partial charge in [-0.15, -0.1) is 0 Å². The van der Waals surface area contributed by atoms with Crippen molar-refractivity contribution in [1.29, 1.82) is 0 Å². The number of hydrazine groups is 1. The van der Waals surface area contributed by atoms with Crippen LogP contribution in [0.3, 0.4) is 0 Å². The maximum atomic E-state index is 12.6. The maximum Gasteiger partial charge on any atom is 0.276 e. The Hall–Kier alpha value is -2.87. The van der Waals surface area contributed by atoms with E-state index >= 15 is 0 Å². The van der Waals surface area contributed by atoms with Gasteiger partial charge in [0, 0.05) is 33.5 Å². The van der Waals surface area contributed by atoms with Crippen LogP contribution in [0.25, 0.3) is 5.70 Å². The number of pyridine rings is 1. The lowest BCUT2D eigenvalue weighted by molar-refractivity contribution is 0.0985. The monoisotopic (exact) mass is 301 g/mol. The molecule has 8 nitrogen and oxygen atoms in total. The first-order chi connectivity index (χ1) is 10.4. The first kappa shape index (κ1) is 15.5. The molecule has 2 heterocycles. The van der Waals surface area contributed by atoms with Crippen molar-refractivity contribution in [3.8, 4) is 0 Å². The molecule has 0 aliphatic carbocycles. The lowest BCUT2D eigenvalue weighted by Gasteiger charge is -2.17. The van der Waals surface area contributed by atoms with Crippen molar-refractivity contribution in [2.24, 2.45) is 18.6 Å². The molecule has 0 bridgehead atoms. The Balaban J connectivity index is 2.31. The summed E-state index contributed by atoms with van der Waals surface area (Å²) >= 11 is 0. The average Bonchev–Trinajstić information content (AvgIpc) is 2.87. The smallest absolute Gasteiger partial charge is 0.276 e. The van der Waals surface area contributed by atoms with Crippen molar-refractivity contribution in [2.45, 2.75) is 0 Å². The Morgan fingerprint density at radius 2 is 2.09 bits per heavy atom. The number of aromatic nitrogens is 3. The molecule has 0 aliphatic heterocycles. The van der Waals surface area contributed by atoms with Crippen LogP contribution in [0.5, 0.6) is 0 Å². The number of rotatable bonds is 4. The molecule has 0 unspecified atom stereocenters. The summed E-state index contributed by atoms with van der Waals surface area (Å²) in [5.74, 6) is 5.80. The molecule has 0 aromatic carbocycles. The maximum absolute atomic E-state index is 12.6. The predicted octanol–water partition coefficient (Wildman–Crippen LogP) is 0.154. The highest BCUT2D eigenvalue weighted by molar-refractivity contribution is 6.04. The highest BCUT2D eigenvalue weighted by atomic mass is 16.2. The average molecular weight is 301 g/mol. The Morgan fingerprint density at radius 1 is 1.36 bits per heavy atom. The molecule has 0 atom stereocenters. The van der Waals surface area contributed by atoms with Crippen LogP contribution in [0, 0.1) is 0 Å². The second-order valence-corrected chi connectivity index (χ2v) is 4.85. The van der Waals surface area contributed by atoms with Crippen LogP contribution in [0.1, 0.15) is 16.3 Å². The topological polar surface area (TPSA) is 106 Å². The summed E-state index contributed by atoms with van der Waals surface area (Å²) in [5, 5.41) is 1.33. The van der Waals surface area contributed by atoms with Gasteiger partial charge in [-0.2, -0.15) is 0 Å². The number of anilines is 1. The summed E-state index contributed by atoms with van der Waals surface area (Å²) in [4.78, 5) is 22.3. The zero-order chi connectivity index (χ0) is 16.3. The predicted molar refractivity (Wildman–Crippen MR) is 84.3 cm³/mol. The number of carbonyl (C=O) groups is 1. The minimum absolute atomic E-state index is 0.205. The van der Waals surface area contributed by atoms with E-state index in [0.717, 1.165) is 0 Å². The van der Waals surface area contributed by atoms with Crippen LogP contribution in [0.15, 0.2) is 36.9 Å². The minimum Gasteiger partial charge on any atom is -0.394 e. The standard InChI is InChI=1S/C14H19N7O/c1-19(16)9-11(15)13-18-8-12(21(13)3)14(22)20(2)10-5-4-6-17-7-10/h4-9H,15-16H2,1-3H3/b11-9-. The normalized spacial score (nSPS) is 11.4. The van der Waals surface area contributed by atoms with Gasteiger partial charge in [0.05, 0.1) is 23.8 Å². The fourth-order valence-corrected chi connectivity index (χ4v) is 1.99. The van der Waals surface area contributed by atoms with Gasteiger partial charge in [-0.3, -0.25) is 9.78 Å². The van der Waals surface area contributed by atoms with Gasteiger partial charge in [-0.05, 0) is 12.1 Å². The third kappa shape index (κ3) is 3.07. The van der Waals surface area contributed by atoms with E-state index in [1.165, 1.54) is 22.3 Å². The van der Waals surface area contributed by atoms with Crippen molar-refractivity contribution in [2.75, 3.05) is 19.0 Å². The minimum atomic E-state index is -0.205. The van der Waals surface area contributed by atoms with E-state index in [4.69, 9.17) is 11.6 Å². The number of nitrogens with two attached hydrogens (primary N) is 2. The van der Waals surface area contributed by atoms with Gasteiger partial charge < -0.3 is 20.2 Å². The van der Waals surface area contributed by atoms with Gasteiger partial charge >= 0.3 is 0 Å². The number of carbonyl (C=O) groups excluding carboxylic acids is 1. The molecule has 0 spiro atoms. The molecule has 1 amide bonds. The highest BCUT2D eigenvalue weighted by Gasteiger charge is 2.20. The molecule has 8 heteroatoms. The molecule has 0 radical (unpaired) electrons. The molecule has 0 aliphatic rings. The number of imidazole rings is 1. The molecule has 2 aromatic heterocycles. The van der Waals surface area contributed by atoms with E-state index in [2.05, 4.69) is 9.97 Å². The van der Waals surface area contributed by atoms with Crippen molar-refractivity contribution in [3.63, 3.8) is 0 Å². The van der Waals surface area contributed by atoms with Gasteiger partial charge in [0.25, 0.3) is 5.91 Å². The van der Waals surface area contributed by atoms with Crippen LogP contribution < -0.4 is 16.5 Å². The molecule has 4 N–H and O–H groups in total. The molecule has 2 rings (SSSR count). The summed E-state index contributed by atoms with van der Waals surface area (Å²) in [7, 11) is 5.06. The van der Waals surface area contributed by atoms with Gasteiger partial charge in [-0.1, -0.05) is 0 Å². The third-order valence-electron chi connectivity index (χ3n) is 3.15. The number of amides is 1. The Bertz CT molecular complexity index is 690. The summed E-state index contributed by atoms with van der Waals surface area (Å²) in [6, 6.07) is 3.57. The van der Waals surface area contributed by atoms with Gasteiger partial charge in [0.15, 0.2) is 5.82 Å². The zero-order valence-corrected chi connectivity index (χ0v) is 12.8. The van der Waals surface area contributed by atoms with E-state index in [-0.39, 0.29) is 5.91 Å². The molecule has 2 aromatic rings. The lowest BCUT2D eigenvalue weighted by atomic mass is 10.3. The Labute approximate surface area is 128 Å². The van der Waals surface area contributed by atoms with Gasteiger partial charge in [0.1, 0.15) is 5.69 Å². The molecular formula is C14H19N7O. The van der Waals surface area contributed by atoms with Crippen molar-refractivity contribution >= 4 is 17.3 Å². The fourth-order valence-electron chi connectivity index (χ4n) is 1.99. The fraction of sp³-hybridized carbons (Fsp3) is 0.214. The number of hydrogen-bond donors (Lipinski definition) is 2. The second-order valence-electron chi connectivity index (χ2n) is 4.85. The van der Waals surface area contributed by atoms with Crippen molar-refractivity contribution in [1.82, 2.24) is 19.5 Å². The van der Waals surface area contributed by atoms with Crippen LogP contribution in [0.4, 0.5) is 5.69 Å². The quantitative estimate of drug-likeness (QED) is 0.615. The third-order valence-corrected chi connectivity index (χ3v) is 3.15. The first-order valence-electron chi connectivity index (χ1n) is 6.56. The molecule has 0 saturated heterocycles. The summed E-state index contributed by atoms with van der Waals surface area (Å²) in [6.45, 7) is 0. The summed E-state index contributed by atoms with van der Waals surface area (Å²) in [5.41, 5.74) is 7.40. The van der Waals surface area contributed by atoms with Crippen LogP contribution in [0.2, 0.25) is 0 Å². The van der Waals surface area contributed by atoms with E-state index in [9.17, 15) is 4.79 Å². The van der Waals surface area contributed by atoms with Gasteiger partial charge in [0.2, 0.25) is 0 Å². The van der Waals surface area contributed by atoms with Crippen LogP contribution in [-0.2, 0) is 7.05 Å². The Morgan fingerprint density at radius 3 is 2.68 bits per heavy atom. The first-order valence-corrected chi connectivity index (χ1v) is 6.56. The highest BCUT2D eigenvalue weighted by Crippen LogP contribution is 2.16. The molecule has 116 valence electrons. The van der Waals surface area contributed by atoms with E-state index in [1.807, 2.05) is 0 Å². The largest absolute Gasteiger partial charge is 0.394 e. The van der Waals surface area contributed by atoms with Gasteiger partial charge in [-0.25, -0.2) is 10.8 Å². The molecule has 0 fully saturated rings. The SMILES string of the molecule is CN(N)/C=C(\N)c1ncc(C(=O)N(C)c2cccnc2)n1C. The van der Waals surface area contributed by atoms with Crippen molar-refractivity contribution in [3.05, 3.63) is 48.4 Å². The van der Waals surface area contributed by atoms with E-state index in [1.54, 1.807) is 50.2 Å². The van der Waals surface area contributed by atoms with E-state index in [0.29, 0.717) is 22.9 Å². The Kier molecular flexibility index (Phi) is 4.42. The molecular weight excluding hydrogens is 282 g/mol. The van der Waals surface area contributed by atoms with Crippen LogP contribution in [-0.4, -0.2) is 39.5 Å². The molecule has 0 saturated carbocycles. The second kappa shape index (κ2) is 6.27. The number of hydrogen-bond acceptors (Lipinski definition) is 6. The van der Waals surface area contributed by atoms with Crippen molar-refractivity contribution < 1.29 is 4.79 Å². The van der Waals surface area contributed by atoms with Crippen LogP contribution >= 0.6 is 0 Å².